The van der Waals surface area contributed by atoms with Gasteiger partial charge in [0, 0.05) is 16.6 Å². The average Bonchev–Trinajstić information content (AvgIpc) is 2.85. The first kappa shape index (κ1) is 15.6. The molecule has 1 unspecified atom stereocenters. The second kappa shape index (κ2) is 6.76. The van der Waals surface area contributed by atoms with Crippen molar-refractivity contribution in [3.8, 4) is 11.5 Å². The zero-order valence-corrected chi connectivity index (χ0v) is 12.8. The van der Waals surface area contributed by atoms with Gasteiger partial charge in [0.05, 0.1) is 13.2 Å². The minimum absolute atomic E-state index is 0.0209. The molecule has 1 atom stereocenters. The highest BCUT2D eigenvalue weighted by Crippen LogP contribution is 2.33. The molecule has 3 nitrogen and oxygen atoms in total. The van der Waals surface area contributed by atoms with Crippen LogP contribution in [0.25, 0.3) is 0 Å². The van der Waals surface area contributed by atoms with Gasteiger partial charge in [-0.2, -0.15) is 8.78 Å². The van der Waals surface area contributed by atoms with E-state index in [-0.39, 0.29) is 17.5 Å². The summed E-state index contributed by atoms with van der Waals surface area (Å²) in [6, 6.07) is 7.03. The van der Waals surface area contributed by atoms with Crippen LogP contribution in [0.15, 0.2) is 29.6 Å². The second-order valence-electron chi connectivity index (χ2n) is 4.58. The fourth-order valence-electron chi connectivity index (χ4n) is 2.10. The van der Waals surface area contributed by atoms with Gasteiger partial charge in [-0.15, -0.1) is 11.3 Å². The van der Waals surface area contributed by atoms with Crippen LogP contribution in [0.1, 0.15) is 23.4 Å². The number of ether oxygens (including phenoxy) is 2. The number of hydrogen-bond acceptors (Lipinski definition) is 4. The van der Waals surface area contributed by atoms with Gasteiger partial charge in [-0.05, 0) is 43.0 Å². The Morgan fingerprint density at radius 1 is 1.19 bits per heavy atom. The summed E-state index contributed by atoms with van der Waals surface area (Å²) in [5.41, 5.74) is 1.91. The SMILES string of the molecule is COc1ccc(NC(C)c2sccc2C)cc1OC(F)F. The first-order chi connectivity index (χ1) is 10.0. The number of hydrogen-bond donors (Lipinski definition) is 1. The molecule has 1 N–H and O–H groups in total. The van der Waals surface area contributed by atoms with Gasteiger partial charge in [0.1, 0.15) is 0 Å². The van der Waals surface area contributed by atoms with Gasteiger partial charge in [-0.25, -0.2) is 0 Å². The zero-order valence-electron chi connectivity index (χ0n) is 12.0. The Balaban J connectivity index is 2.18. The second-order valence-corrected chi connectivity index (χ2v) is 5.53. The minimum atomic E-state index is -2.88. The Morgan fingerprint density at radius 2 is 1.95 bits per heavy atom. The summed E-state index contributed by atoms with van der Waals surface area (Å²) >= 11 is 1.66. The first-order valence-electron chi connectivity index (χ1n) is 6.44. The van der Waals surface area contributed by atoms with Crippen molar-refractivity contribution < 1.29 is 18.3 Å². The fourth-order valence-corrected chi connectivity index (χ4v) is 3.03. The van der Waals surface area contributed by atoms with E-state index >= 15 is 0 Å². The molecule has 0 spiro atoms. The molecule has 2 rings (SSSR count). The van der Waals surface area contributed by atoms with Crippen molar-refractivity contribution in [1.29, 1.82) is 0 Å². The number of halogens is 2. The monoisotopic (exact) mass is 313 g/mol. The van der Waals surface area contributed by atoms with E-state index in [0.717, 1.165) is 0 Å². The minimum Gasteiger partial charge on any atom is -0.493 e. The van der Waals surface area contributed by atoms with Crippen LogP contribution in [0.5, 0.6) is 11.5 Å². The predicted octanol–water partition coefficient (Wildman–Crippen LogP) is 4.84. The first-order valence-corrected chi connectivity index (χ1v) is 7.32. The van der Waals surface area contributed by atoms with Crippen molar-refractivity contribution in [2.24, 2.45) is 0 Å². The Morgan fingerprint density at radius 3 is 2.52 bits per heavy atom. The summed E-state index contributed by atoms with van der Waals surface area (Å²) in [4.78, 5) is 1.21. The molecule has 0 saturated carbocycles. The number of anilines is 1. The highest BCUT2D eigenvalue weighted by Gasteiger charge is 2.14. The van der Waals surface area contributed by atoms with Crippen LogP contribution >= 0.6 is 11.3 Å². The standard InChI is InChI=1S/C15H17F2NO2S/c1-9-6-7-21-14(9)10(2)18-11-4-5-12(19-3)13(8-11)20-15(16)17/h4-8,10,15,18H,1-3H3. The molecule has 1 aromatic carbocycles. The summed E-state index contributed by atoms with van der Waals surface area (Å²) < 4.78 is 34.3. The lowest BCUT2D eigenvalue weighted by Crippen LogP contribution is -2.08. The number of methoxy groups -OCH3 is 1. The molecule has 0 aliphatic rings. The van der Waals surface area contributed by atoms with Gasteiger partial charge < -0.3 is 14.8 Å². The molecule has 0 radical (unpaired) electrons. The smallest absolute Gasteiger partial charge is 0.387 e. The molecule has 0 saturated heterocycles. The van der Waals surface area contributed by atoms with Crippen LogP contribution in [0, 0.1) is 6.92 Å². The third-order valence-corrected chi connectivity index (χ3v) is 4.26. The molecule has 0 aliphatic carbocycles. The van der Waals surface area contributed by atoms with E-state index in [4.69, 9.17) is 4.74 Å². The molecule has 1 aromatic heterocycles. The van der Waals surface area contributed by atoms with Crippen molar-refractivity contribution in [1.82, 2.24) is 0 Å². The molecule has 0 bridgehead atoms. The molecular weight excluding hydrogens is 296 g/mol. The van der Waals surface area contributed by atoms with Crippen LogP contribution in [0.3, 0.4) is 0 Å². The summed E-state index contributed by atoms with van der Waals surface area (Å²) in [5.74, 6) is 0.299. The van der Waals surface area contributed by atoms with Crippen LogP contribution in [-0.4, -0.2) is 13.7 Å². The van der Waals surface area contributed by atoms with E-state index in [1.807, 2.05) is 19.2 Å². The predicted molar refractivity (Wildman–Crippen MR) is 80.7 cm³/mol. The maximum absolute atomic E-state index is 12.4. The van der Waals surface area contributed by atoms with Gasteiger partial charge in [-0.3, -0.25) is 0 Å². The highest BCUT2D eigenvalue weighted by molar-refractivity contribution is 7.10. The van der Waals surface area contributed by atoms with E-state index in [1.165, 1.54) is 23.6 Å². The Hall–Kier alpha value is -1.82. The van der Waals surface area contributed by atoms with E-state index in [0.29, 0.717) is 5.69 Å². The van der Waals surface area contributed by atoms with Crippen molar-refractivity contribution in [2.75, 3.05) is 12.4 Å². The third-order valence-electron chi connectivity index (χ3n) is 3.06. The number of rotatable bonds is 6. The Labute approximate surface area is 126 Å². The molecule has 0 fully saturated rings. The quantitative estimate of drug-likeness (QED) is 0.828. The lowest BCUT2D eigenvalue weighted by atomic mass is 10.2. The normalized spacial score (nSPS) is 12.3. The average molecular weight is 313 g/mol. The lowest BCUT2D eigenvalue weighted by molar-refractivity contribution is -0.0511. The van der Waals surface area contributed by atoms with Crippen LogP contribution in [-0.2, 0) is 0 Å². The van der Waals surface area contributed by atoms with Crippen LogP contribution < -0.4 is 14.8 Å². The fraction of sp³-hybridized carbons (Fsp3) is 0.333. The van der Waals surface area contributed by atoms with Crippen molar-refractivity contribution in [3.63, 3.8) is 0 Å². The molecule has 6 heteroatoms. The molecular formula is C15H17F2NO2S. The highest BCUT2D eigenvalue weighted by atomic mass is 32.1. The number of nitrogens with one attached hydrogen (secondary N) is 1. The maximum atomic E-state index is 12.4. The topological polar surface area (TPSA) is 30.5 Å². The lowest BCUT2D eigenvalue weighted by Gasteiger charge is -2.17. The van der Waals surface area contributed by atoms with Crippen LogP contribution in [0.2, 0.25) is 0 Å². The molecule has 1 heterocycles. The van der Waals surface area contributed by atoms with Gasteiger partial charge in [-0.1, -0.05) is 0 Å². The maximum Gasteiger partial charge on any atom is 0.387 e. The number of benzene rings is 1. The molecule has 0 amide bonds. The number of alkyl halides is 2. The molecule has 21 heavy (non-hydrogen) atoms. The number of thiophene rings is 1. The van der Waals surface area contributed by atoms with Gasteiger partial charge >= 0.3 is 6.61 Å². The van der Waals surface area contributed by atoms with Crippen molar-refractivity contribution in [3.05, 3.63) is 40.1 Å². The summed E-state index contributed by atoms with van der Waals surface area (Å²) in [6.07, 6.45) is 0. The van der Waals surface area contributed by atoms with Crippen LogP contribution in [0.4, 0.5) is 14.5 Å². The molecule has 2 aromatic rings. The summed E-state index contributed by atoms with van der Waals surface area (Å²) in [5, 5.41) is 5.31. The molecule has 0 aliphatic heterocycles. The van der Waals surface area contributed by atoms with Crippen molar-refractivity contribution >= 4 is 17.0 Å². The Kier molecular flexibility index (Phi) is 5.01. The Bertz CT molecular complexity index is 601. The third kappa shape index (κ3) is 3.85. The number of aryl methyl sites for hydroxylation is 1. The van der Waals surface area contributed by atoms with Gasteiger partial charge in [0.2, 0.25) is 0 Å². The van der Waals surface area contributed by atoms with E-state index in [1.54, 1.807) is 23.5 Å². The van der Waals surface area contributed by atoms with Gasteiger partial charge in [0.25, 0.3) is 0 Å². The van der Waals surface area contributed by atoms with E-state index in [9.17, 15) is 8.78 Å². The van der Waals surface area contributed by atoms with Crippen molar-refractivity contribution in [2.45, 2.75) is 26.5 Å². The summed E-state index contributed by atoms with van der Waals surface area (Å²) in [7, 11) is 1.42. The zero-order chi connectivity index (χ0) is 15.4. The summed E-state index contributed by atoms with van der Waals surface area (Å²) in [6.45, 7) is 1.19. The largest absolute Gasteiger partial charge is 0.493 e. The van der Waals surface area contributed by atoms with E-state index < -0.39 is 6.61 Å². The van der Waals surface area contributed by atoms with E-state index in [2.05, 4.69) is 16.1 Å². The van der Waals surface area contributed by atoms with Gasteiger partial charge in [0.15, 0.2) is 11.5 Å². The molecule has 114 valence electrons.